The molecular weight excluding hydrogens is 395 g/mol. The smallest absolute Gasteiger partial charge is 0.331 e. The number of rotatable bonds is 3. The molecule has 2 aromatic carbocycles. The number of hydrogen-bond acceptors (Lipinski definition) is 3. The number of halogens is 3. The fourth-order valence-corrected chi connectivity index (χ4v) is 3.20. The van der Waals surface area contributed by atoms with Gasteiger partial charge in [-0.1, -0.05) is 46.9 Å². The van der Waals surface area contributed by atoms with Crippen LogP contribution in [0.4, 0.5) is 10.5 Å². The van der Waals surface area contributed by atoms with Gasteiger partial charge in [0.25, 0.3) is 0 Å². The summed E-state index contributed by atoms with van der Waals surface area (Å²) < 4.78 is 0. The molecule has 8 heteroatoms. The highest BCUT2D eigenvalue weighted by Gasteiger charge is 2.21. The summed E-state index contributed by atoms with van der Waals surface area (Å²) in [7, 11) is 0. The maximum Gasteiger partial charge on any atom is 0.342 e. The largest absolute Gasteiger partial charge is 0.342 e. The molecule has 130 valence electrons. The average Bonchev–Trinajstić information content (AvgIpc) is 2.62. The molecule has 5 nitrogen and oxygen atoms in total. The Morgan fingerprint density at radius 2 is 1.85 bits per heavy atom. The lowest BCUT2D eigenvalue weighted by molar-refractivity contribution is 0.247. The Kier molecular flexibility index (Phi) is 5.48. The molecule has 0 unspecified atom stereocenters. The maximum atomic E-state index is 11.9. The van der Waals surface area contributed by atoms with E-state index >= 15 is 0 Å². The van der Waals surface area contributed by atoms with Crippen molar-refractivity contribution in [2.24, 2.45) is 5.10 Å². The van der Waals surface area contributed by atoms with Gasteiger partial charge in [0.2, 0.25) is 0 Å². The Balaban J connectivity index is 2.03. The van der Waals surface area contributed by atoms with Crippen molar-refractivity contribution in [3.8, 4) is 6.07 Å². The van der Waals surface area contributed by atoms with Crippen LogP contribution in [0.15, 0.2) is 41.5 Å². The number of hydrazone groups is 1. The molecule has 1 aliphatic heterocycles. The van der Waals surface area contributed by atoms with Gasteiger partial charge in [-0.05, 0) is 35.9 Å². The molecule has 0 atom stereocenters. The van der Waals surface area contributed by atoms with Crippen molar-refractivity contribution in [3.63, 3.8) is 0 Å². The number of nitrogens with one attached hydrogen (secondary N) is 1. The van der Waals surface area contributed by atoms with Gasteiger partial charge < -0.3 is 5.32 Å². The predicted molar refractivity (Wildman–Crippen MR) is 106 cm³/mol. The summed E-state index contributed by atoms with van der Waals surface area (Å²) in [6.45, 7) is 0.358. The monoisotopic (exact) mass is 404 g/mol. The fraction of sp³-hybridized carbons (Fsp3) is 0.0556. The van der Waals surface area contributed by atoms with Crippen LogP contribution in [0.1, 0.15) is 11.1 Å². The second kappa shape index (κ2) is 7.79. The highest BCUT2D eigenvalue weighted by Crippen LogP contribution is 2.36. The van der Waals surface area contributed by atoms with Crippen molar-refractivity contribution < 1.29 is 4.79 Å². The van der Waals surface area contributed by atoms with Crippen LogP contribution in [0.25, 0.3) is 11.6 Å². The van der Waals surface area contributed by atoms with E-state index in [0.29, 0.717) is 28.4 Å². The lowest BCUT2D eigenvalue weighted by Crippen LogP contribution is -2.41. The van der Waals surface area contributed by atoms with Gasteiger partial charge in [-0.2, -0.15) is 15.4 Å². The second-order valence-corrected chi connectivity index (χ2v) is 6.55. The topological polar surface area (TPSA) is 68.5 Å². The standard InChI is InChI=1S/C18H11Cl3N4O/c19-13-3-1-11(2-4-13)7-12(10-22)17-15(20)8-14(9-16(17)21)25-18(26)23-5-6-24-25/h1-4,6-9H,5H2,(H,23,26). The molecular formula is C18H11Cl3N4O. The first kappa shape index (κ1) is 18.3. The zero-order valence-electron chi connectivity index (χ0n) is 13.2. The van der Waals surface area contributed by atoms with Gasteiger partial charge in [0.05, 0.1) is 33.9 Å². The Morgan fingerprint density at radius 1 is 1.19 bits per heavy atom. The van der Waals surface area contributed by atoms with Crippen LogP contribution in [0.5, 0.6) is 0 Å². The van der Waals surface area contributed by atoms with Crippen LogP contribution in [0, 0.1) is 11.3 Å². The van der Waals surface area contributed by atoms with Crippen LogP contribution in [0.3, 0.4) is 0 Å². The third-order valence-corrected chi connectivity index (χ3v) is 4.42. The number of benzene rings is 2. The molecule has 0 fully saturated rings. The third kappa shape index (κ3) is 3.83. The Labute approximate surface area is 165 Å². The van der Waals surface area contributed by atoms with Crippen LogP contribution in [-0.2, 0) is 0 Å². The molecule has 0 aliphatic carbocycles. The van der Waals surface area contributed by atoms with Crippen molar-refractivity contribution in [1.29, 1.82) is 5.26 Å². The highest BCUT2D eigenvalue weighted by atomic mass is 35.5. The molecule has 0 saturated heterocycles. The molecule has 3 rings (SSSR count). The predicted octanol–water partition coefficient (Wildman–Crippen LogP) is 5.23. The summed E-state index contributed by atoms with van der Waals surface area (Å²) in [4.78, 5) is 11.9. The van der Waals surface area contributed by atoms with E-state index in [1.54, 1.807) is 36.6 Å². The molecule has 1 aliphatic rings. The minimum atomic E-state index is -0.385. The molecule has 0 spiro atoms. The summed E-state index contributed by atoms with van der Waals surface area (Å²) in [5.41, 5.74) is 1.86. The van der Waals surface area contributed by atoms with Crippen LogP contribution in [0.2, 0.25) is 15.1 Å². The van der Waals surface area contributed by atoms with E-state index in [1.165, 1.54) is 12.1 Å². The summed E-state index contributed by atoms with van der Waals surface area (Å²) in [5.74, 6) is 0. The maximum absolute atomic E-state index is 11.9. The molecule has 2 aromatic rings. The van der Waals surface area contributed by atoms with Crippen molar-refractivity contribution in [1.82, 2.24) is 5.32 Å². The van der Waals surface area contributed by atoms with Crippen molar-refractivity contribution in [2.75, 3.05) is 11.6 Å². The molecule has 2 amide bonds. The average molecular weight is 406 g/mol. The number of allylic oxidation sites excluding steroid dienone is 1. The van der Waals surface area contributed by atoms with E-state index in [4.69, 9.17) is 34.8 Å². The molecule has 1 N–H and O–H groups in total. The Hall–Kier alpha value is -2.52. The molecule has 0 saturated carbocycles. The second-order valence-electron chi connectivity index (χ2n) is 5.30. The number of amides is 2. The Morgan fingerprint density at radius 3 is 2.42 bits per heavy atom. The van der Waals surface area contributed by atoms with Gasteiger partial charge in [0.1, 0.15) is 0 Å². The minimum absolute atomic E-state index is 0.239. The number of carbonyl (C=O) groups is 1. The van der Waals surface area contributed by atoms with Gasteiger partial charge in [-0.15, -0.1) is 0 Å². The third-order valence-electron chi connectivity index (χ3n) is 3.58. The number of urea groups is 1. The van der Waals surface area contributed by atoms with E-state index in [-0.39, 0.29) is 16.1 Å². The quantitative estimate of drug-likeness (QED) is 0.561. The first-order valence-electron chi connectivity index (χ1n) is 7.47. The van der Waals surface area contributed by atoms with E-state index < -0.39 is 0 Å². The fourth-order valence-electron chi connectivity index (χ4n) is 2.39. The van der Waals surface area contributed by atoms with Crippen molar-refractivity contribution in [2.45, 2.75) is 0 Å². The van der Waals surface area contributed by atoms with E-state index in [9.17, 15) is 10.1 Å². The van der Waals surface area contributed by atoms with Gasteiger partial charge in [-0.25, -0.2) is 4.79 Å². The highest BCUT2D eigenvalue weighted by molar-refractivity contribution is 6.39. The van der Waals surface area contributed by atoms with Gasteiger partial charge in [0, 0.05) is 16.8 Å². The van der Waals surface area contributed by atoms with Crippen LogP contribution in [-0.4, -0.2) is 18.8 Å². The lowest BCUT2D eigenvalue weighted by atomic mass is 10.0. The number of carbonyl (C=O) groups excluding carboxylic acids is 1. The van der Waals surface area contributed by atoms with Crippen LogP contribution >= 0.6 is 34.8 Å². The van der Waals surface area contributed by atoms with Crippen molar-refractivity contribution >= 4 is 64.4 Å². The Bertz CT molecular complexity index is 938. The number of anilines is 1. The number of hydrogen-bond donors (Lipinski definition) is 1. The molecule has 1 heterocycles. The number of nitriles is 1. The molecule has 0 aromatic heterocycles. The van der Waals surface area contributed by atoms with E-state index in [2.05, 4.69) is 16.5 Å². The minimum Gasteiger partial charge on any atom is -0.331 e. The SMILES string of the molecule is N#CC(=Cc1ccc(Cl)cc1)c1c(Cl)cc(N2N=CCNC2=O)cc1Cl. The zero-order chi connectivity index (χ0) is 18.7. The first-order valence-corrected chi connectivity index (χ1v) is 8.60. The summed E-state index contributed by atoms with van der Waals surface area (Å²) in [6, 6.07) is 11.8. The first-order chi connectivity index (χ1) is 12.5. The van der Waals surface area contributed by atoms with Gasteiger partial charge >= 0.3 is 6.03 Å². The summed E-state index contributed by atoms with van der Waals surface area (Å²) >= 11 is 18.6. The van der Waals surface area contributed by atoms with E-state index in [0.717, 1.165) is 10.6 Å². The zero-order valence-corrected chi connectivity index (χ0v) is 15.5. The van der Waals surface area contributed by atoms with E-state index in [1.807, 2.05) is 0 Å². The normalized spacial score (nSPS) is 14.2. The lowest BCUT2D eigenvalue weighted by Gasteiger charge is -2.21. The summed E-state index contributed by atoms with van der Waals surface area (Å²) in [5, 5.41) is 18.4. The molecule has 0 radical (unpaired) electrons. The van der Waals surface area contributed by atoms with Gasteiger partial charge in [0.15, 0.2) is 0 Å². The van der Waals surface area contributed by atoms with Crippen LogP contribution < -0.4 is 10.3 Å². The van der Waals surface area contributed by atoms with Gasteiger partial charge in [-0.3, -0.25) is 0 Å². The van der Waals surface area contributed by atoms with Crippen molar-refractivity contribution in [3.05, 3.63) is 62.6 Å². The number of nitrogens with zero attached hydrogens (tertiary/aromatic N) is 3. The molecule has 26 heavy (non-hydrogen) atoms. The molecule has 0 bridgehead atoms. The summed E-state index contributed by atoms with van der Waals surface area (Å²) in [6.07, 6.45) is 3.22.